The topological polar surface area (TPSA) is 9.23 Å². The van der Waals surface area contributed by atoms with Crippen LogP contribution in [0, 0.1) is 0 Å². The summed E-state index contributed by atoms with van der Waals surface area (Å²) in [5.74, 6) is 1.33. The van der Waals surface area contributed by atoms with E-state index in [2.05, 4.69) is 182 Å². The molecule has 0 saturated carbocycles. The van der Waals surface area contributed by atoms with Crippen molar-refractivity contribution in [3.63, 3.8) is 0 Å². The standard InChI is InChI=1S/C52H32OS/c1-2-10-31(11-3-1)48-39-13-4-6-15-41(39)49(42-16-7-5-14-40(42)48)37-21-20-33-28-34(18-19-35(33)29-37)36-23-26-44-47(30-36)54-46-27-24-32-22-25-43-38-12-8-9-17-45(38)53-52(43)50(32)51(44)46/h1-30,38,45H. The lowest BCUT2D eigenvalue weighted by molar-refractivity contribution is 0.271. The minimum absolute atomic E-state index is 0.0743. The first-order valence-electron chi connectivity index (χ1n) is 18.7. The first-order valence-corrected chi connectivity index (χ1v) is 19.6. The average molecular weight is 705 g/mol. The molecule has 2 unspecified atom stereocenters. The summed E-state index contributed by atoms with van der Waals surface area (Å²) < 4.78 is 9.26. The van der Waals surface area contributed by atoms with E-state index in [0.717, 1.165) is 5.75 Å². The van der Waals surface area contributed by atoms with Crippen LogP contribution < -0.4 is 4.74 Å². The highest BCUT2D eigenvalue weighted by atomic mass is 32.1. The number of ether oxygens (including phenoxy) is 1. The number of fused-ring (bicyclic) bond motifs is 12. The molecule has 2 heterocycles. The normalized spacial score (nSPS) is 16.1. The second-order valence-electron chi connectivity index (χ2n) is 14.7. The fourth-order valence-electron chi connectivity index (χ4n) is 9.29. The van der Waals surface area contributed by atoms with E-state index in [9.17, 15) is 0 Å². The lowest BCUT2D eigenvalue weighted by Gasteiger charge is -2.18. The van der Waals surface area contributed by atoms with Gasteiger partial charge in [0.15, 0.2) is 0 Å². The second kappa shape index (κ2) is 11.5. The van der Waals surface area contributed by atoms with Gasteiger partial charge in [-0.3, -0.25) is 0 Å². The molecule has 0 saturated heterocycles. The summed E-state index contributed by atoms with van der Waals surface area (Å²) in [5, 5.41) is 12.7. The molecular formula is C52H32OS. The van der Waals surface area contributed by atoms with Gasteiger partial charge in [0, 0.05) is 37.0 Å². The van der Waals surface area contributed by atoms with Crippen molar-refractivity contribution in [3.05, 3.63) is 188 Å². The molecule has 9 aromatic carbocycles. The zero-order valence-corrected chi connectivity index (χ0v) is 30.1. The van der Waals surface area contributed by atoms with Crippen LogP contribution in [-0.4, -0.2) is 6.10 Å². The number of benzene rings is 9. The molecule has 252 valence electrons. The van der Waals surface area contributed by atoms with E-state index in [-0.39, 0.29) is 12.0 Å². The summed E-state index contributed by atoms with van der Waals surface area (Å²) in [6.07, 6.45) is 8.79. The smallest absolute Gasteiger partial charge is 0.132 e. The molecule has 1 aromatic heterocycles. The van der Waals surface area contributed by atoms with Gasteiger partial charge < -0.3 is 4.74 Å². The highest BCUT2D eigenvalue weighted by molar-refractivity contribution is 7.26. The van der Waals surface area contributed by atoms with Gasteiger partial charge in [0.1, 0.15) is 11.9 Å². The molecule has 0 fully saturated rings. The number of allylic oxidation sites excluding steroid dienone is 2. The summed E-state index contributed by atoms with van der Waals surface area (Å²) in [6.45, 7) is 0. The van der Waals surface area contributed by atoms with Gasteiger partial charge in [-0.1, -0.05) is 152 Å². The molecule has 12 rings (SSSR count). The Morgan fingerprint density at radius 2 is 1.00 bits per heavy atom. The molecule has 0 amide bonds. The van der Waals surface area contributed by atoms with E-state index >= 15 is 0 Å². The van der Waals surface area contributed by atoms with Gasteiger partial charge in [0.2, 0.25) is 0 Å². The van der Waals surface area contributed by atoms with Crippen LogP contribution >= 0.6 is 11.3 Å². The van der Waals surface area contributed by atoms with Crippen LogP contribution in [0.1, 0.15) is 11.5 Å². The zero-order chi connectivity index (χ0) is 35.3. The molecule has 0 radical (unpaired) electrons. The number of hydrogen-bond donors (Lipinski definition) is 0. The molecule has 1 aliphatic heterocycles. The fourth-order valence-corrected chi connectivity index (χ4v) is 10.4. The third-order valence-corrected chi connectivity index (χ3v) is 12.9. The first kappa shape index (κ1) is 30.0. The Kier molecular flexibility index (Phi) is 6.40. The van der Waals surface area contributed by atoms with Crippen LogP contribution in [0.2, 0.25) is 0 Å². The maximum atomic E-state index is 6.65. The van der Waals surface area contributed by atoms with E-state index in [1.807, 2.05) is 11.3 Å². The average Bonchev–Trinajstić information content (AvgIpc) is 3.81. The van der Waals surface area contributed by atoms with Gasteiger partial charge in [-0.15, -0.1) is 11.3 Å². The molecule has 1 nitrogen and oxygen atoms in total. The molecule has 0 N–H and O–H groups in total. The van der Waals surface area contributed by atoms with Gasteiger partial charge in [-0.2, -0.15) is 0 Å². The first-order chi connectivity index (χ1) is 26.8. The van der Waals surface area contributed by atoms with Crippen LogP contribution in [-0.2, 0) is 0 Å². The predicted octanol–water partition coefficient (Wildman–Crippen LogP) is 14.6. The van der Waals surface area contributed by atoms with Crippen molar-refractivity contribution in [3.8, 4) is 39.1 Å². The van der Waals surface area contributed by atoms with E-state index < -0.39 is 0 Å². The van der Waals surface area contributed by atoms with Crippen molar-refractivity contribution in [2.75, 3.05) is 0 Å². The molecule has 54 heavy (non-hydrogen) atoms. The Morgan fingerprint density at radius 1 is 0.407 bits per heavy atom. The highest BCUT2D eigenvalue weighted by Crippen LogP contribution is 2.50. The largest absolute Gasteiger partial charge is 0.484 e. The number of hydrogen-bond acceptors (Lipinski definition) is 2. The molecule has 1 aliphatic carbocycles. The van der Waals surface area contributed by atoms with Crippen LogP contribution in [0.3, 0.4) is 0 Å². The Bertz CT molecular complexity index is 3200. The lowest BCUT2D eigenvalue weighted by Crippen LogP contribution is -2.15. The van der Waals surface area contributed by atoms with Gasteiger partial charge >= 0.3 is 0 Å². The van der Waals surface area contributed by atoms with Crippen LogP contribution in [0.4, 0.5) is 0 Å². The summed E-state index contributed by atoms with van der Waals surface area (Å²) in [4.78, 5) is 0. The quantitative estimate of drug-likeness (QED) is 0.166. The van der Waals surface area contributed by atoms with E-state index in [1.165, 1.54) is 102 Å². The Hall–Kier alpha value is -6.48. The predicted molar refractivity (Wildman–Crippen MR) is 231 cm³/mol. The summed E-state index contributed by atoms with van der Waals surface area (Å²) in [5.41, 5.74) is 8.83. The highest BCUT2D eigenvalue weighted by Gasteiger charge is 2.34. The summed E-state index contributed by atoms with van der Waals surface area (Å²) in [7, 11) is 0. The zero-order valence-electron chi connectivity index (χ0n) is 29.3. The van der Waals surface area contributed by atoms with Crippen molar-refractivity contribution in [2.24, 2.45) is 0 Å². The van der Waals surface area contributed by atoms with Crippen molar-refractivity contribution in [2.45, 2.75) is 12.0 Å². The molecule has 0 spiro atoms. The Labute approximate surface area is 316 Å². The van der Waals surface area contributed by atoms with Crippen molar-refractivity contribution in [1.82, 2.24) is 0 Å². The van der Waals surface area contributed by atoms with Gasteiger partial charge in [-0.25, -0.2) is 0 Å². The minimum atomic E-state index is 0.0743. The monoisotopic (exact) mass is 704 g/mol. The molecular weight excluding hydrogens is 673 g/mol. The van der Waals surface area contributed by atoms with E-state index in [1.54, 1.807) is 0 Å². The SMILES string of the molecule is C1=CC2Oc3c(ccc4ccc5sc6cc(-c7ccc8cc(-c9c%10ccccc%10c(-c%10ccccc%10)c%10ccccc9%10)ccc8c7)ccc6c5c34)C2C=C1. The number of thiophene rings is 1. The van der Waals surface area contributed by atoms with Crippen LogP contribution in [0.15, 0.2) is 182 Å². The van der Waals surface area contributed by atoms with E-state index in [0.29, 0.717) is 0 Å². The van der Waals surface area contributed by atoms with Gasteiger partial charge in [-0.05, 0) is 101 Å². The molecule has 2 heteroatoms. The Morgan fingerprint density at radius 3 is 1.76 bits per heavy atom. The van der Waals surface area contributed by atoms with Gasteiger partial charge in [0.05, 0.1) is 0 Å². The van der Waals surface area contributed by atoms with E-state index in [4.69, 9.17) is 4.74 Å². The third kappa shape index (κ3) is 4.38. The molecule has 2 aliphatic rings. The summed E-state index contributed by atoms with van der Waals surface area (Å²) >= 11 is 1.88. The second-order valence-corrected chi connectivity index (χ2v) is 15.8. The maximum absolute atomic E-state index is 6.65. The maximum Gasteiger partial charge on any atom is 0.132 e. The van der Waals surface area contributed by atoms with Gasteiger partial charge in [0.25, 0.3) is 0 Å². The fraction of sp³-hybridized carbons (Fsp3) is 0.0385. The van der Waals surface area contributed by atoms with Crippen molar-refractivity contribution < 1.29 is 4.74 Å². The minimum Gasteiger partial charge on any atom is -0.484 e. The third-order valence-electron chi connectivity index (χ3n) is 11.8. The Balaban J connectivity index is 0.970. The van der Waals surface area contributed by atoms with Crippen molar-refractivity contribution >= 4 is 74.6 Å². The molecule has 0 bridgehead atoms. The van der Waals surface area contributed by atoms with Crippen LogP contribution in [0.5, 0.6) is 5.75 Å². The summed E-state index contributed by atoms with van der Waals surface area (Å²) in [6, 6.07) is 58.6. The lowest BCUT2D eigenvalue weighted by atomic mass is 9.85. The molecule has 2 atom stereocenters. The van der Waals surface area contributed by atoms with Crippen molar-refractivity contribution in [1.29, 1.82) is 0 Å². The number of rotatable bonds is 3. The molecule has 10 aromatic rings. The van der Waals surface area contributed by atoms with Crippen LogP contribution in [0.25, 0.3) is 96.6 Å².